The molecule has 0 fully saturated rings. The largest absolute Gasteiger partial charge is 0.240 e. The maximum atomic E-state index is 8.74. The van der Waals surface area contributed by atoms with Gasteiger partial charge >= 0.3 is 0 Å². The summed E-state index contributed by atoms with van der Waals surface area (Å²) in [6.45, 7) is 0. The van der Waals surface area contributed by atoms with Gasteiger partial charge in [0.15, 0.2) is 0 Å². The van der Waals surface area contributed by atoms with Crippen LogP contribution in [0.15, 0.2) is 17.4 Å². The van der Waals surface area contributed by atoms with Crippen LogP contribution in [0.3, 0.4) is 0 Å². The molecule has 68 valence electrons. The second-order valence-corrected chi connectivity index (χ2v) is 3.46. The standard InChI is InChI=1S/C8H8ClN3S/c1-13-8-2-7(11-5-12-8)6(3-9)4-10/h2,5-6H,3H2,1H3. The van der Waals surface area contributed by atoms with Crippen LogP contribution in [0.4, 0.5) is 0 Å². The topological polar surface area (TPSA) is 49.6 Å². The third-order valence-electron chi connectivity index (χ3n) is 1.54. The van der Waals surface area contributed by atoms with Crippen molar-refractivity contribution in [2.75, 3.05) is 12.1 Å². The fourth-order valence-electron chi connectivity index (χ4n) is 0.835. The van der Waals surface area contributed by atoms with Gasteiger partial charge in [0.1, 0.15) is 12.2 Å². The smallest absolute Gasteiger partial charge is 0.117 e. The summed E-state index contributed by atoms with van der Waals surface area (Å²) in [6.07, 6.45) is 3.38. The minimum Gasteiger partial charge on any atom is -0.240 e. The molecule has 1 aromatic rings. The van der Waals surface area contributed by atoms with Crippen LogP contribution in [0.5, 0.6) is 0 Å². The zero-order valence-corrected chi connectivity index (χ0v) is 8.64. The van der Waals surface area contributed by atoms with E-state index in [1.165, 1.54) is 18.1 Å². The Labute approximate surface area is 86.1 Å². The van der Waals surface area contributed by atoms with Gasteiger partial charge in [-0.1, -0.05) is 0 Å². The first-order valence-electron chi connectivity index (χ1n) is 3.63. The van der Waals surface area contributed by atoms with Gasteiger partial charge in [-0.3, -0.25) is 0 Å². The molecule has 1 unspecified atom stereocenters. The van der Waals surface area contributed by atoms with Crippen molar-refractivity contribution in [2.24, 2.45) is 0 Å². The van der Waals surface area contributed by atoms with Gasteiger partial charge in [0, 0.05) is 5.88 Å². The highest BCUT2D eigenvalue weighted by atomic mass is 35.5. The number of thioether (sulfide) groups is 1. The van der Waals surface area contributed by atoms with Crippen molar-refractivity contribution in [3.05, 3.63) is 18.1 Å². The SMILES string of the molecule is CSc1cc(C(C#N)CCl)ncn1. The van der Waals surface area contributed by atoms with E-state index in [0.29, 0.717) is 5.69 Å². The number of halogens is 1. The van der Waals surface area contributed by atoms with Crippen LogP contribution in [0.25, 0.3) is 0 Å². The summed E-state index contributed by atoms with van der Waals surface area (Å²) in [4.78, 5) is 8.01. The van der Waals surface area contributed by atoms with Crippen LogP contribution in [-0.2, 0) is 0 Å². The molecular formula is C8H8ClN3S. The third-order valence-corrected chi connectivity index (χ3v) is 2.49. The van der Waals surface area contributed by atoms with E-state index in [1.807, 2.05) is 6.26 Å². The van der Waals surface area contributed by atoms with E-state index in [9.17, 15) is 0 Å². The molecule has 1 atom stereocenters. The van der Waals surface area contributed by atoms with Gasteiger partial charge in [-0.05, 0) is 12.3 Å². The molecule has 0 spiro atoms. The van der Waals surface area contributed by atoms with Crippen molar-refractivity contribution in [2.45, 2.75) is 10.9 Å². The van der Waals surface area contributed by atoms with Crippen LogP contribution in [-0.4, -0.2) is 22.1 Å². The molecular weight excluding hydrogens is 206 g/mol. The first-order chi connectivity index (χ1) is 6.31. The number of aromatic nitrogens is 2. The summed E-state index contributed by atoms with van der Waals surface area (Å²) in [7, 11) is 0. The zero-order valence-electron chi connectivity index (χ0n) is 7.07. The van der Waals surface area contributed by atoms with E-state index in [1.54, 1.807) is 6.07 Å². The molecule has 0 radical (unpaired) electrons. The molecule has 13 heavy (non-hydrogen) atoms. The van der Waals surface area contributed by atoms with E-state index in [0.717, 1.165) is 5.03 Å². The first kappa shape index (κ1) is 10.3. The van der Waals surface area contributed by atoms with Crippen LogP contribution in [0.1, 0.15) is 11.6 Å². The fourth-order valence-corrected chi connectivity index (χ4v) is 1.45. The lowest BCUT2D eigenvalue weighted by molar-refractivity contribution is 0.882. The molecule has 0 amide bonds. The third kappa shape index (κ3) is 2.58. The van der Waals surface area contributed by atoms with Crippen molar-refractivity contribution in [3.8, 4) is 6.07 Å². The monoisotopic (exact) mass is 213 g/mol. The van der Waals surface area contributed by atoms with Crippen LogP contribution in [0.2, 0.25) is 0 Å². The molecule has 5 heteroatoms. The molecule has 0 N–H and O–H groups in total. The molecule has 0 aliphatic rings. The van der Waals surface area contributed by atoms with Gasteiger partial charge in [-0.2, -0.15) is 5.26 Å². The van der Waals surface area contributed by atoms with Crippen LogP contribution >= 0.6 is 23.4 Å². The molecule has 0 aliphatic carbocycles. The van der Waals surface area contributed by atoms with E-state index in [-0.39, 0.29) is 11.8 Å². The Kier molecular flexibility index (Phi) is 4.00. The average molecular weight is 214 g/mol. The normalized spacial score (nSPS) is 12.1. The minimum absolute atomic E-state index is 0.265. The maximum Gasteiger partial charge on any atom is 0.117 e. The van der Waals surface area contributed by atoms with Crippen LogP contribution < -0.4 is 0 Å². The Hall–Kier alpha value is -0.790. The van der Waals surface area contributed by atoms with Gasteiger partial charge in [-0.25, -0.2) is 9.97 Å². The van der Waals surface area contributed by atoms with E-state index in [2.05, 4.69) is 16.0 Å². The number of hydrogen-bond donors (Lipinski definition) is 0. The number of nitriles is 1. The van der Waals surface area contributed by atoms with E-state index in [4.69, 9.17) is 16.9 Å². The van der Waals surface area contributed by atoms with Crippen molar-refractivity contribution in [1.82, 2.24) is 9.97 Å². The Morgan fingerprint density at radius 3 is 3.00 bits per heavy atom. The van der Waals surface area contributed by atoms with Crippen LogP contribution in [0, 0.1) is 11.3 Å². The van der Waals surface area contributed by atoms with Crippen molar-refractivity contribution < 1.29 is 0 Å². The second-order valence-electron chi connectivity index (χ2n) is 2.32. The summed E-state index contributed by atoms with van der Waals surface area (Å²) < 4.78 is 0. The summed E-state index contributed by atoms with van der Waals surface area (Å²) >= 11 is 7.13. The summed E-state index contributed by atoms with van der Waals surface area (Å²) in [6, 6.07) is 3.88. The molecule has 0 saturated carbocycles. The molecule has 3 nitrogen and oxygen atoms in total. The molecule has 0 bridgehead atoms. The van der Waals surface area contributed by atoms with E-state index >= 15 is 0 Å². The number of hydrogen-bond acceptors (Lipinski definition) is 4. The highest BCUT2D eigenvalue weighted by Crippen LogP contribution is 2.18. The lowest BCUT2D eigenvalue weighted by Crippen LogP contribution is -2.01. The zero-order chi connectivity index (χ0) is 9.68. The van der Waals surface area contributed by atoms with Gasteiger partial charge < -0.3 is 0 Å². The summed E-state index contributed by atoms with van der Waals surface area (Å²) in [5, 5.41) is 9.60. The molecule has 1 rings (SSSR count). The van der Waals surface area contributed by atoms with Gasteiger partial charge in [0.05, 0.1) is 16.8 Å². The Bertz CT molecular complexity index is 323. The molecule has 1 heterocycles. The molecule has 0 aliphatic heterocycles. The highest BCUT2D eigenvalue weighted by molar-refractivity contribution is 7.98. The van der Waals surface area contributed by atoms with E-state index < -0.39 is 0 Å². The Morgan fingerprint density at radius 1 is 1.69 bits per heavy atom. The molecule has 0 saturated heterocycles. The predicted molar refractivity (Wildman–Crippen MR) is 52.9 cm³/mol. The maximum absolute atomic E-state index is 8.74. The molecule has 0 aromatic carbocycles. The summed E-state index contributed by atoms with van der Waals surface area (Å²) in [5.74, 6) is -0.0722. The van der Waals surface area contributed by atoms with Crippen molar-refractivity contribution in [3.63, 3.8) is 0 Å². The van der Waals surface area contributed by atoms with Gasteiger partial charge in [0.2, 0.25) is 0 Å². The minimum atomic E-state index is -0.337. The number of nitrogens with zero attached hydrogens (tertiary/aromatic N) is 3. The predicted octanol–water partition coefficient (Wildman–Crippen LogP) is 2.04. The Balaban J connectivity index is 2.94. The van der Waals surface area contributed by atoms with Gasteiger partial charge in [0.25, 0.3) is 0 Å². The number of alkyl halides is 1. The lowest BCUT2D eigenvalue weighted by atomic mass is 10.1. The number of rotatable bonds is 3. The van der Waals surface area contributed by atoms with Crippen molar-refractivity contribution >= 4 is 23.4 Å². The van der Waals surface area contributed by atoms with Crippen molar-refractivity contribution in [1.29, 1.82) is 5.26 Å². The fraction of sp³-hybridized carbons (Fsp3) is 0.375. The lowest BCUT2D eigenvalue weighted by Gasteiger charge is -2.04. The molecule has 1 aromatic heterocycles. The summed E-state index contributed by atoms with van der Waals surface area (Å²) in [5.41, 5.74) is 0.692. The first-order valence-corrected chi connectivity index (χ1v) is 5.39. The van der Waals surface area contributed by atoms with Gasteiger partial charge in [-0.15, -0.1) is 23.4 Å². The Morgan fingerprint density at radius 2 is 2.46 bits per heavy atom. The average Bonchev–Trinajstić information content (AvgIpc) is 2.20. The quantitative estimate of drug-likeness (QED) is 0.438. The highest BCUT2D eigenvalue weighted by Gasteiger charge is 2.10. The second kappa shape index (κ2) is 5.05.